The molecule has 1 N–H and O–H groups in total. The zero-order valence-corrected chi connectivity index (χ0v) is 9.26. The van der Waals surface area contributed by atoms with Gasteiger partial charge in [-0.15, -0.1) is 0 Å². The van der Waals surface area contributed by atoms with Crippen molar-refractivity contribution in [3.63, 3.8) is 0 Å². The van der Waals surface area contributed by atoms with Gasteiger partial charge < -0.3 is 4.79 Å². The van der Waals surface area contributed by atoms with Crippen molar-refractivity contribution in [2.45, 2.75) is 12.8 Å². The van der Waals surface area contributed by atoms with E-state index in [4.69, 9.17) is 0 Å². The van der Waals surface area contributed by atoms with Crippen LogP contribution in [-0.2, 0) is 20.8 Å². The Morgan fingerprint density at radius 3 is 2.53 bits per heavy atom. The number of hydrogen-bond acceptors (Lipinski definition) is 3. The molecule has 1 aliphatic rings. The highest BCUT2D eigenvalue weighted by Crippen LogP contribution is 2.23. The summed E-state index contributed by atoms with van der Waals surface area (Å²) in [5.41, 5.74) is 0.997. The van der Waals surface area contributed by atoms with E-state index in [1.807, 2.05) is 30.3 Å². The molecule has 1 saturated heterocycles. The number of carbonyl (C=O) groups excluding carboxylic acids is 3. The van der Waals surface area contributed by atoms with E-state index in [9.17, 15) is 14.4 Å². The molecule has 1 aliphatic heterocycles. The Balaban J connectivity index is 2.10. The van der Waals surface area contributed by atoms with Gasteiger partial charge in [0.05, 0.1) is 5.92 Å². The lowest BCUT2D eigenvalue weighted by Gasteiger charge is -2.14. The third kappa shape index (κ3) is 2.58. The Hall–Kier alpha value is -1.97. The molecule has 2 amide bonds. The number of aldehydes is 1. The van der Waals surface area contributed by atoms with Gasteiger partial charge in [-0.3, -0.25) is 14.9 Å². The molecule has 0 aromatic heterocycles. The molecule has 0 saturated carbocycles. The first-order chi connectivity index (χ1) is 8.20. The van der Waals surface area contributed by atoms with Crippen LogP contribution in [0.1, 0.15) is 12.0 Å². The highest BCUT2D eigenvalue weighted by atomic mass is 16.2. The zero-order valence-electron chi connectivity index (χ0n) is 9.26. The summed E-state index contributed by atoms with van der Waals surface area (Å²) in [5.74, 6) is -1.56. The van der Waals surface area contributed by atoms with Gasteiger partial charge in [0, 0.05) is 12.3 Å². The number of nitrogens with one attached hydrogen (secondary N) is 1. The average Bonchev–Trinajstić information content (AvgIpc) is 2.67. The summed E-state index contributed by atoms with van der Waals surface area (Å²) in [7, 11) is 0. The van der Waals surface area contributed by atoms with E-state index in [0.717, 1.165) is 11.8 Å². The van der Waals surface area contributed by atoms with Crippen LogP contribution in [0.15, 0.2) is 30.3 Å². The molecule has 4 nitrogen and oxygen atoms in total. The third-order valence-corrected chi connectivity index (χ3v) is 3.01. The van der Waals surface area contributed by atoms with Gasteiger partial charge in [0.1, 0.15) is 6.29 Å². The fraction of sp³-hybridized carbons (Fsp3) is 0.308. The van der Waals surface area contributed by atoms with E-state index >= 15 is 0 Å². The quantitative estimate of drug-likeness (QED) is 0.613. The first-order valence-corrected chi connectivity index (χ1v) is 5.53. The Bertz CT molecular complexity index is 441. The minimum atomic E-state index is -0.514. The van der Waals surface area contributed by atoms with Crippen LogP contribution in [0.5, 0.6) is 0 Å². The molecule has 2 atom stereocenters. The first-order valence-electron chi connectivity index (χ1n) is 5.53. The van der Waals surface area contributed by atoms with E-state index in [1.54, 1.807) is 0 Å². The van der Waals surface area contributed by atoms with E-state index in [0.29, 0.717) is 6.42 Å². The van der Waals surface area contributed by atoms with Crippen LogP contribution in [0.4, 0.5) is 0 Å². The first kappa shape index (κ1) is 11.5. The van der Waals surface area contributed by atoms with Crippen molar-refractivity contribution in [1.29, 1.82) is 0 Å². The molecule has 17 heavy (non-hydrogen) atoms. The molecule has 4 heteroatoms. The largest absolute Gasteiger partial charge is 0.303 e. The second kappa shape index (κ2) is 4.91. The fourth-order valence-corrected chi connectivity index (χ4v) is 2.09. The molecule has 1 unspecified atom stereocenters. The lowest BCUT2D eigenvalue weighted by atomic mass is 9.87. The molecule has 1 aromatic carbocycles. The predicted octanol–water partition coefficient (Wildman–Crippen LogP) is 0.707. The molecular formula is C13H13NO3. The van der Waals surface area contributed by atoms with Gasteiger partial charge in [0.15, 0.2) is 0 Å². The average molecular weight is 231 g/mol. The monoisotopic (exact) mass is 231 g/mol. The topological polar surface area (TPSA) is 63.2 Å². The molecule has 88 valence electrons. The smallest absolute Gasteiger partial charge is 0.230 e. The van der Waals surface area contributed by atoms with Crippen molar-refractivity contribution in [2.24, 2.45) is 11.8 Å². The summed E-state index contributed by atoms with van der Waals surface area (Å²) in [6, 6.07) is 9.48. The second-order valence-corrected chi connectivity index (χ2v) is 4.21. The minimum absolute atomic E-state index is 0.120. The summed E-state index contributed by atoms with van der Waals surface area (Å²) in [6.45, 7) is 0. The van der Waals surface area contributed by atoms with Crippen LogP contribution in [0, 0.1) is 11.8 Å². The molecule has 0 spiro atoms. The summed E-state index contributed by atoms with van der Waals surface area (Å²) < 4.78 is 0. The Morgan fingerprint density at radius 2 is 2.00 bits per heavy atom. The highest BCUT2D eigenvalue weighted by Gasteiger charge is 2.36. The van der Waals surface area contributed by atoms with E-state index in [-0.39, 0.29) is 18.2 Å². The fourth-order valence-electron chi connectivity index (χ4n) is 2.09. The molecular weight excluding hydrogens is 218 g/mol. The van der Waals surface area contributed by atoms with Crippen LogP contribution in [0.25, 0.3) is 0 Å². The van der Waals surface area contributed by atoms with Crippen molar-refractivity contribution in [3.05, 3.63) is 35.9 Å². The van der Waals surface area contributed by atoms with Crippen molar-refractivity contribution in [3.8, 4) is 0 Å². The van der Waals surface area contributed by atoms with Gasteiger partial charge >= 0.3 is 0 Å². The summed E-state index contributed by atoms with van der Waals surface area (Å²) in [5, 5.41) is 2.23. The molecule has 0 aliphatic carbocycles. The molecule has 1 aromatic rings. The Kier molecular flexibility index (Phi) is 3.32. The maximum Gasteiger partial charge on any atom is 0.230 e. The number of carbonyl (C=O) groups is 3. The van der Waals surface area contributed by atoms with Crippen LogP contribution < -0.4 is 5.32 Å². The van der Waals surface area contributed by atoms with Gasteiger partial charge in [0.25, 0.3) is 0 Å². The number of benzene rings is 1. The Morgan fingerprint density at radius 1 is 1.29 bits per heavy atom. The maximum absolute atomic E-state index is 11.5. The predicted molar refractivity (Wildman–Crippen MR) is 61.0 cm³/mol. The van der Waals surface area contributed by atoms with E-state index in [2.05, 4.69) is 5.32 Å². The minimum Gasteiger partial charge on any atom is -0.303 e. The standard InChI is InChI=1S/C13H13NO3/c15-8-10(6-9-4-2-1-3-5-9)11-7-12(16)14-13(11)17/h1-5,8,10-11H,6-7H2,(H,14,16,17)/t10-,11?/m1/s1. The molecule has 1 heterocycles. The molecule has 0 radical (unpaired) electrons. The van der Waals surface area contributed by atoms with Gasteiger partial charge in [-0.2, -0.15) is 0 Å². The molecule has 2 rings (SSSR count). The zero-order chi connectivity index (χ0) is 12.3. The third-order valence-electron chi connectivity index (χ3n) is 3.01. The van der Waals surface area contributed by atoms with Gasteiger partial charge in [-0.1, -0.05) is 30.3 Å². The van der Waals surface area contributed by atoms with Crippen LogP contribution in [0.2, 0.25) is 0 Å². The highest BCUT2D eigenvalue weighted by molar-refractivity contribution is 6.04. The number of amides is 2. The molecule has 0 bridgehead atoms. The summed E-state index contributed by atoms with van der Waals surface area (Å²) >= 11 is 0. The van der Waals surface area contributed by atoms with Crippen molar-refractivity contribution >= 4 is 18.1 Å². The summed E-state index contributed by atoms with van der Waals surface area (Å²) in [6.07, 6.45) is 1.39. The Labute approximate surface area is 99.0 Å². The van der Waals surface area contributed by atoms with Crippen LogP contribution in [-0.4, -0.2) is 18.1 Å². The van der Waals surface area contributed by atoms with Crippen LogP contribution >= 0.6 is 0 Å². The van der Waals surface area contributed by atoms with Crippen LogP contribution in [0.3, 0.4) is 0 Å². The number of hydrogen-bond donors (Lipinski definition) is 1. The number of imide groups is 1. The van der Waals surface area contributed by atoms with Crippen molar-refractivity contribution in [1.82, 2.24) is 5.32 Å². The van der Waals surface area contributed by atoms with Crippen molar-refractivity contribution < 1.29 is 14.4 Å². The lowest BCUT2D eigenvalue weighted by Crippen LogP contribution is -2.27. The van der Waals surface area contributed by atoms with Gasteiger partial charge in [0.2, 0.25) is 11.8 Å². The maximum atomic E-state index is 11.5. The van der Waals surface area contributed by atoms with Crippen molar-refractivity contribution in [2.75, 3.05) is 0 Å². The van der Waals surface area contributed by atoms with Gasteiger partial charge in [-0.25, -0.2) is 0 Å². The second-order valence-electron chi connectivity index (χ2n) is 4.21. The lowest BCUT2D eigenvalue weighted by molar-refractivity contribution is -0.128. The summed E-state index contributed by atoms with van der Waals surface area (Å²) in [4.78, 5) is 33.6. The SMILES string of the molecule is O=C[C@@H](Cc1ccccc1)C1CC(=O)NC1=O. The van der Waals surface area contributed by atoms with Gasteiger partial charge in [-0.05, 0) is 12.0 Å². The van der Waals surface area contributed by atoms with E-state index < -0.39 is 11.8 Å². The molecule has 1 fully saturated rings. The normalized spacial score (nSPS) is 21.1. The number of rotatable bonds is 4. The van der Waals surface area contributed by atoms with E-state index in [1.165, 1.54) is 0 Å².